The van der Waals surface area contributed by atoms with Crippen LogP contribution in [-0.2, 0) is 6.54 Å². The van der Waals surface area contributed by atoms with E-state index in [-0.39, 0.29) is 0 Å². The Kier molecular flexibility index (Phi) is 2.72. The molecule has 0 aliphatic heterocycles. The van der Waals surface area contributed by atoms with Gasteiger partial charge in [0.1, 0.15) is 5.75 Å². The standard InChI is InChI=1S/C14H13BNO2/c1-2-16-11-7-4-3-6-10(11)14-12(16)8-5-9-13(14)18-15-17/h3-9,17H,2H2,1H3. The molecule has 0 bridgehead atoms. The lowest BCUT2D eigenvalue weighted by atomic mass is 10.1. The first-order chi connectivity index (χ1) is 8.86. The van der Waals surface area contributed by atoms with Crippen LogP contribution in [0.3, 0.4) is 0 Å². The van der Waals surface area contributed by atoms with Crippen LogP contribution in [-0.4, -0.2) is 17.3 Å². The SMILES string of the molecule is CCn1c2ccccc2c2c(O[B]O)cccc21. The average molecular weight is 238 g/mol. The third kappa shape index (κ3) is 1.50. The number of benzene rings is 2. The van der Waals surface area contributed by atoms with Gasteiger partial charge in [0.05, 0.1) is 5.52 Å². The molecule has 0 saturated heterocycles. The maximum absolute atomic E-state index is 8.86. The minimum atomic E-state index is 0.679. The number of aryl methyl sites for hydroxylation is 1. The highest BCUT2D eigenvalue weighted by Crippen LogP contribution is 2.35. The summed E-state index contributed by atoms with van der Waals surface area (Å²) in [5.74, 6) is 0.679. The maximum atomic E-state index is 8.86. The van der Waals surface area contributed by atoms with Crippen LogP contribution in [0, 0.1) is 0 Å². The number of nitrogens with zero attached hydrogens (tertiary/aromatic N) is 1. The smallest absolute Gasteiger partial charge is 0.537 e. The van der Waals surface area contributed by atoms with Gasteiger partial charge in [0.15, 0.2) is 0 Å². The van der Waals surface area contributed by atoms with E-state index in [1.54, 1.807) is 0 Å². The van der Waals surface area contributed by atoms with Crippen LogP contribution in [0.1, 0.15) is 6.92 Å². The quantitative estimate of drug-likeness (QED) is 0.712. The Balaban J connectivity index is 2.48. The Morgan fingerprint density at radius 2 is 1.89 bits per heavy atom. The Morgan fingerprint density at radius 3 is 2.67 bits per heavy atom. The van der Waals surface area contributed by atoms with Gasteiger partial charge in [-0.1, -0.05) is 24.3 Å². The molecule has 1 N–H and O–H groups in total. The van der Waals surface area contributed by atoms with Gasteiger partial charge in [0.2, 0.25) is 0 Å². The number of para-hydroxylation sites is 1. The number of aromatic nitrogens is 1. The molecule has 0 fully saturated rings. The molecule has 0 amide bonds. The minimum Gasteiger partial charge on any atom is -0.537 e. The highest BCUT2D eigenvalue weighted by molar-refractivity contribution is 6.19. The van der Waals surface area contributed by atoms with E-state index in [1.165, 1.54) is 5.52 Å². The fourth-order valence-electron chi connectivity index (χ4n) is 2.56. The van der Waals surface area contributed by atoms with E-state index in [4.69, 9.17) is 9.68 Å². The van der Waals surface area contributed by atoms with E-state index < -0.39 is 0 Å². The van der Waals surface area contributed by atoms with Crippen molar-refractivity contribution in [2.45, 2.75) is 13.5 Å². The van der Waals surface area contributed by atoms with Crippen LogP contribution in [0.5, 0.6) is 5.75 Å². The van der Waals surface area contributed by atoms with E-state index >= 15 is 0 Å². The third-order valence-corrected chi connectivity index (χ3v) is 3.26. The van der Waals surface area contributed by atoms with Crippen molar-refractivity contribution in [2.75, 3.05) is 0 Å². The molecule has 0 saturated carbocycles. The second-order valence-corrected chi connectivity index (χ2v) is 4.13. The summed E-state index contributed by atoms with van der Waals surface area (Å²) in [4.78, 5) is 0. The van der Waals surface area contributed by atoms with Crippen molar-refractivity contribution in [1.29, 1.82) is 0 Å². The number of rotatable bonds is 3. The van der Waals surface area contributed by atoms with E-state index in [2.05, 4.69) is 29.7 Å². The fourth-order valence-corrected chi connectivity index (χ4v) is 2.56. The largest absolute Gasteiger partial charge is 0.569 e. The number of fused-ring (bicyclic) bond motifs is 3. The molecule has 1 heterocycles. The first-order valence-corrected chi connectivity index (χ1v) is 5.99. The predicted octanol–water partition coefficient (Wildman–Crippen LogP) is 2.72. The molecule has 3 rings (SSSR count). The second kappa shape index (κ2) is 4.39. The molecular weight excluding hydrogens is 225 g/mol. The van der Waals surface area contributed by atoms with Crippen LogP contribution in [0.15, 0.2) is 42.5 Å². The first kappa shape index (κ1) is 11.2. The molecule has 2 aromatic carbocycles. The van der Waals surface area contributed by atoms with E-state index in [0.29, 0.717) is 5.75 Å². The van der Waals surface area contributed by atoms with Crippen LogP contribution in [0.4, 0.5) is 0 Å². The van der Waals surface area contributed by atoms with Gasteiger partial charge in [0.25, 0.3) is 0 Å². The molecule has 0 atom stereocenters. The molecule has 18 heavy (non-hydrogen) atoms. The van der Waals surface area contributed by atoms with Gasteiger partial charge in [-0.25, -0.2) is 0 Å². The topological polar surface area (TPSA) is 34.4 Å². The van der Waals surface area contributed by atoms with Gasteiger partial charge in [-0.05, 0) is 25.1 Å². The normalized spacial score (nSPS) is 11.0. The summed E-state index contributed by atoms with van der Waals surface area (Å²) in [6.07, 6.45) is 0. The van der Waals surface area contributed by atoms with Crippen molar-refractivity contribution in [3.8, 4) is 5.75 Å². The molecule has 3 aromatic rings. The van der Waals surface area contributed by atoms with Gasteiger partial charge < -0.3 is 14.2 Å². The summed E-state index contributed by atoms with van der Waals surface area (Å²) >= 11 is 0. The van der Waals surface area contributed by atoms with Crippen molar-refractivity contribution in [3.05, 3.63) is 42.5 Å². The molecule has 3 nitrogen and oxygen atoms in total. The van der Waals surface area contributed by atoms with Crippen molar-refractivity contribution in [2.24, 2.45) is 0 Å². The Bertz CT molecular complexity index is 705. The zero-order valence-corrected chi connectivity index (χ0v) is 10.1. The summed E-state index contributed by atoms with van der Waals surface area (Å²) in [5, 5.41) is 11.0. The first-order valence-electron chi connectivity index (χ1n) is 5.99. The lowest BCUT2D eigenvalue weighted by molar-refractivity contribution is 0.457. The summed E-state index contributed by atoms with van der Waals surface area (Å²) in [6.45, 7) is 3.02. The van der Waals surface area contributed by atoms with Crippen molar-refractivity contribution >= 4 is 29.5 Å². The van der Waals surface area contributed by atoms with Gasteiger partial charge >= 0.3 is 7.69 Å². The Morgan fingerprint density at radius 1 is 1.11 bits per heavy atom. The highest BCUT2D eigenvalue weighted by Gasteiger charge is 2.12. The molecule has 89 valence electrons. The molecular formula is C14H13BNO2. The van der Waals surface area contributed by atoms with Gasteiger partial charge in [-0.3, -0.25) is 0 Å². The fraction of sp³-hybridized carbons (Fsp3) is 0.143. The van der Waals surface area contributed by atoms with Crippen molar-refractivity contribution in [3.63, 3.8) is 0 Å². The predicted molar refractivity (Wildman–Crippen MR) is 73.7 cm³/mol. The highest BCUT2D eigenvalue weighted by atomic mass is 16.5. The van der Waals surface area contributed by atoms with E-state index in [1.807, 2.05) is 24.3 Å². The molecule has 0 aliphatic rings. The Hall–Kier alpha value is -1.94. The lowest BCUT2D eigenvalue weighted by Gasteiger charge is -2.05. The lowest BCUT2D eigenvalue weighted by Crippen LogP contribution is -2.00. The van der Waals surface area contributed by atoms with Gasteiger partial charge in [-0.2, -0.15) is 0 Å². The van der Waals surface area contributed by atoms with Crippen molar-refractivity contribution < 1.29 is 9.68 Å². The molecule has 0 unspecified atom stereocenters. The maximum Gasteiger partial charge on any atom is 0.569 e. The van der Waals surface area contributed by atoms with Crippen molar-refractivity contribution in [1.82, 2.24) is 4.57 Å². The number of hydrogen-bond donors (Lipinski definition) is 1. The Labute approximate surface area is 106 Å². The molecule has 1 aromatic heterocycles. The third-order valence-electron chi connectivity index (χ3n) is 3.26. The van der Waals surface area contributed by atoms with Crippen LogP contribution >= 0.6 is 0 Å². The summed E-state index contributed by atoms with van der Waals surface area (Å²) in [7, 11) is 0.729. The molecule has 0 spiro atoms. The zero-order chi connectivity index (χ0) is 12.5. The zero-order valence-electron chi connectivity index (χ0n) is 10.1. The number of hydrogen-bond acceptors (Lipinski definition) is 2. The van der Waals surface area contributed by atoms with E-state index in [0.717, 1.165) is 30.5 Å². The van der Waals surface area contributed by atoms with Gasteiger partial charge in [0, 0.05) is 22.8 Å². The summed E-state index contributed by atoms with van der Waals surface area (Å²) < 4.78 is 7.45. The summed E-state index contributed by atoms with van der Waals surface area (Å²) in [5.41, 5.74) is 2.31. The monoisotopic (exact) mass is 238 g/mol. The minimum absolute atomic E-state index is 0.679. The van der Waals surface area contributed by atoms with Crippen LogP contribution in [0.2, 0.25) is 0 Å². The molecule has 0 aliphatic carbocycles. The van der Waals surface area contributed by atoms with Crippen LogP contribution < -0.4 is 4.65 Å². The molecule has 1 radical (unpaired) electrons. The van der Waals surface area contributed by atoms with Gasteiger partial charge in [-0.15, -0.1) is 0 Å². The second-order valence-electron chi connectivity index (χ2n) is 4.13. The van der Waals surface area contributed by atoms with Crippen LogP contribution in [0.25, 0.3) is 21.8 Å². The average Bonchev–Trinajstić information content (AvgIpc) is 2.74. The summed E-state index contributed by atoms with van der Waals surface area (Å²) in [6, 6.07) is 14.1. The van der Waals surface area contributed by atoms with E-state index in [9.17, 15) is 0 Å². The molecule has 4 heteroatoms.